The van der Waals surface area contributed by atoms with Crippen LogP contribution in [0.25, 0.3) is 0 Å². The molecular weight excluding hydrogens is 355 g/mol. The number of nitrogens with one attached hydrogen (secondary N) is 1. The molecule has 3 amide bonds. The van der Waals surface area contributed by atoms with E-state index in [0.717, 1.165) is 17.7 Å². The summed E-state index contributed by atoms with van der Waals surface area (Å²) in [6.07, 6.45) is 3.17. The number of fused-ring (bicyclic) bond motifs is 1. The van der Waals surface area contributed by atoms with Crippen molar-refractivity contribution in [3.05, 3.63) is 35.6 Å². The van der Waals surface area contributed by atoms with Gasteiger partial charge in [-0.3, -0.25) is 24.1 Å². The van der Waals surface area contributed by atoms with E-state index in [-0.39, 0.29) is 36.0 Å². The molecule has 0 bridgehead atoms. The van der Waals surface area contributed by atoms with Gasteiger partial charge >= 0.3 is 5.97 Å². The second kappa shape index (κ2) is 8.28. The molecule has 27 heavy (non-hydrogen) atoms. The number of halogens is 1. The Balaban J connectivity index is 1.42. The largest absolute Gasteiger partial charge is 0.454 e. The molecule has 1 N–H and O–H groups in total. The predicted molar refractivity (Wildman–Crippen MR) is 91.4 cm³/mol. The molecule has 2 fully saturated rings. The van der Waals surface area contributed by atoms with Gasteiger partial charge in [0, 0.05) is 6.54 Å². The first-order chi connectivity index (χ1) is 13.0. The van der Waals surface area contributed by atoms with Crippen molar-refractivity contribution in [2.45, 2.75) is 32.2 Å². The molecule has 0 unspecified atom stereocenters. The Labute approximate surface area is 155 Å². The van der Waals surface area contributed by atoms with Crippen LogP contribution in [0.2, 0.25) is 0 Å². The van der Waals surface area contributed by atoms with E-state index in [9.17, 15) is 23.6 Å². The summed E-state index contributed by atoms with van der Waals surface area (Å²) in [7, 11) is 0. The molecular formula is C19H21FN2O5. The van der Waals surface area contributed by atoms with Crippen LogP contribution in [0.4, 0.5) is 4.39 Å². The minimum Gasteiger partial charge on any atom is -0.454 e. The summed E-state index contributed by atoms with van der Waals surface area (Å²) in [5.41, 5.74) is 0.701. The van der Waals surface area contributed by atoms with Gasteiger partial charge in [0.25, 0.3) is 5.91 Å². The summed E-state index contributed by atoms with van der Waals surface area (Å²) in [6, 6.07) is 5.63. The van der Waals surface area contributed by atoms with Crippen LogP contribution in [0.15, 0.2) is 24.3 Å². The van der Waals surface area contributed by atoms with E-state index < -0.39 is 25.0 Å². The van der Waals surface area contributed by atoms with Crippen molar-refractivity contribution < 1.29 is 28.3 Å². The monoisotopic (exact) mass is 376 g/mol. The zero-order chi connectivity index (χ0) is 19.4. The van der Waals surface area contributed by atoms with E-state index in [1.807, 2.05) is 0 Å². The molecule has 2 atom stereocenters. The van der Waals surface area contributed by atoms with Crippen molar-refractivity contribution in [1.29, 1.82) is 0 Å². The summed E-state index contributed by atoms with van der Waals surface area (Å²) in [6.45, 7) is -0.803. The van der Waals surface area contributed by atoms with Gasteiger partial charge < -0.3 is 10.1 Å². The lowest BCUT2D eigenvalue weighted by molar-refractivity contribution is -0.154. The van der Waals surface area contributed by atoms with Gasteiger partial charge in [-0.15, -0.1) is 0 Å². The molecule has 0 radical (unpaired) electrons. The fourth-order valence-electron chi connectivity index (χ4n) is 3.56. The highest BCUT2D eigenvalue weighted by Gasteiger charge is 2.48. The number of hydrogen-bond acceptors (Lipinski definition) is 5. The van der Waals surface area contributed by atoms with Crippen LogP contribution in [0.3, 0.4) is 0 Å². The maximum Gasteiger partial charge on any atom is 0.326 e. The predicted octanol–water partition coefficient (Wildman–Crippen LogP) is 1.16. The van der Waals surface area contributed by atoms with Gasteiger partial charge in [0.1, 0.15) is 12.4 Å². The number of amides is 3. The van der Waals surface area contributed by atoms with Crippen LogP contribution in [-0.4, -0.2) is 41.7 Å². The number of imide groups is 1. The molecule has 144 valence electrons. The molecule has 1 aliphatic carbocycles. The molecule has 2 aliphatic rings. The number of nitrogens with zero attached hydrogens (tertiary/aromatic N) is 1. The van der Waals surface area contributed by atoms with Gasteiger partial charge in [0.15, 0.2) is 6.61 Å². The molecule has 1 aromatic rings. The van der Waals surface area contributed by atoms with Crippen molar-refractivity contribution >= 4 is 23.7 Å². The van der Waals surface area contributed by atoms with Crippen LogP contribution in [0.5, 0.6) is 0 Å². The van der Waals surface area contributed by atoms with E-state index in [2.05, 4.69) is 5.32 Å². The minimum atomic E-state index is -0.799. The number of ether oxygens (including phenoxy) is 1. The van der Waals surface area contributed by atoms with Gasteiger partial charge in [-0.05, 0) is 30.5 Å². The highest BCUT2D eigenvalue weighted by Crippen LogP contribution is 2.37. The lowest BCUT2D eigenvalue weighted by atomic mass is 9.81. The number of benzene rings is 1. The molecule has 3 rings (SSSR count). The molecule has 1 aromatic carbocycles. The molecule has 0 spiro atoms. The van der Waals surface area contributed by atoms with Crippen LogP contribution in [-0.2, 0) is 30.5 Å². The third-order valence-electron chi connectivity index (χ3n) is 4.99. The quantitative estimate of drug-likeness (QED) is 0.594. The SMILES string of the molecule is O=C(COC(=O)CN1C(=O)[C@H]2CCCC[C@@H]2C1=O)NCc1ccc(F)cc1. The van der Waals surface area contributed by atoms with E-state index in [1.54, 1.807) is 0 Å². The lowest BCUT2D eigenvalue weighted by Gasteiger charge is -2.19. The summed E-state index contributed by atoms with van der Waals surface area (Å²) in [5.74, 6) is -2.97. The summed E-state index contributed by atoms with van der Waals surface area (Å²) >= 11 is 0. The van der Waals surface area contributed by atoms with Crippen LogP contribution in [0, 0.1) is 17.7 Å². The topological polar surface area (TPSA) is 92.8 Å². The second-order valence-electron chi connectivity index (χ2n) is 6.82. The number of esters is 1. The molecule has 0 aromatic heterocycles. The highest BCUT2D eigenvalue weighted by molar-refractivity contribution is 6.07. The maximum atomic E-state index is 12.8. The zero-order valence-electron chi connectivity index (χ0n) is 14.8. The first kappa shape index (κ1) is 19.0. The second-order valence-corrected chi connectivity index (χ2v) is 6.82. The minimum absolute atomic E-state index is 0.170. The Morgan fingerprint density at radius 2 is 1.67 bits per heavy atom. The molecule has 1 aliphatic heterocycles. The van der Waals surface area contributed by atoms with Crippen molar-refractivity contribution in [1.82, 2.24) is 10.2 Å². The molecule has 1 saturated heterocycles. The van der Waals surface area contributed by atoms with E-state index >= 15 is 0 Å². The summed E-state index contributed by atoms with van der Waals surface area (Å²) in [5, 5.41) is 2.54. The van der Waals surface area contributed by atoms with E-state index in [1.165, 1.54) is 24.3 Å². The number of carbonyl (C=O) groups is 4. The fourth-order valence-corrected chi connectivity index (χ4v) is 3.56. The van der Waals surface area contributed by atoms with Gasteiger partial charge in [0.05, 0.1) is 11.8 Å². The maximum absolute atomic E-state index is 12.8. The Bertz CT molecular complexity index is 725. The van der Waals surface area contributed by atoms with Gasteiger partial charge in [-0.25, -0.2) is 4.39 Å². The Hall–Kier alpha value is -2.77. The van der Waals surface area contributed by atoms with Gasteiger partial charge in [-0.1, -0.05) is 25.0 Å². The van der Waals surface area contributed by atoms with Gasteiger partial charge in [-0.2, -0.15) is 0 Å². The van der Waals surface area contributed by atoms with Crippen molar-refractivity contribution in [3.63, 3.8) is 0 Å². The third kappa shape index (κ3) is 4.50. The summed E-state index contributed by atoms with van der Waals surface area (Å²) in [4.78, 5) is 49.2. The molecule has 8 heteroatoms. The number of rotatable bonds is 6. The van der Waals surface area contributed by atoms with Crippen molar-refractivity contribution in [3.8, 4) is 0 Å². The first-order valence-electron chi connectivity index (χ1n) is 8.97. The summed E-state index contributed by atoms with van der Waals surface area (Å²) < 4.78 is 17.7. The number of hydrogen-bond donors (Lipinski definition) is 1. The Kier molecular flexibility index (Phi) is 5.83. The highest BCUT2D eigenvalue weighted by atomic mass is 19.1. The van der Waals surface area contributed by atoms with E-state index in [0.29, 0.717) is 18.4 Å². The van der Waals surface area contributed by atoms with Crippen LogP contribution < -0.4 is 5.32 Å². The van der Waals surface area contributed by atoms with Crippen LogP contribution in [0.1, 0.15) is 31.2 Å². The normalized spacial score (nSPS) is 21.7. The molecule has 1 heterocycles. The average Bonchev–Trinajstić information content (AvgIpc) is 2.91. The van der Waals surface area contributed by atoms with Crippen LogP contribution >= 0.6 is 0 Å². The molecule has 7 nitrogen and oxygen atoms in total. The number of likely N-dealkylation sites (tertiary alicyclic amines) is 1. The first-order valence-corrected chi connectivity index (χ1v) is 8.97. The van der Waals surface area contributed by atoms with Gasteiger partial charge in [0.2, 0.25) is 11.8 Å². The number of carbonyl (C=O) groups excluding carboxylic acids is 4. The zero-order valence-corrected chi connectivity index (χ0v) is 14.8. The lowest BCUT2D eigenvalue weighted by Crippen LogP contribution is -2.38. The smallest absolute Gasteiger partial charge is 0.326 e. The molecule has 1 saturated carbocycles. The Morgan fingerprint density at radius 1 is 1.07 bits per heavy atom. The van der Waals surface area contributed by atoms with Crippen molar-refractivity contribution in [2.75, 3.05) is 13.2 Å². The van der Waals surface area contributed by atoms with E-state index in [4.69, 9.17) is 4.74 Å². The fraction of sp³-hybridized carbons (Fsp3) is 0.474. The third-order valence-corrected chi connectivity index (χ3v) is 4.99. The Morgan fingerprint density at radius 3 is 2.26 bits per heavy atom. The average molecular weight is 376 g/mol. The van der Waals surface area contributed by atoms with Crippen molar-refractivity contribution in [2.24, 2.45) is 11.8 Å². The standard InChI is InChI=1S/C19H21FN2O5/c20-13-7-5-12(6-8-13)9-21-16(23)11-27-17(24)10-22-18(25)14-3-1-2-4-15(14)19(22)26/h5-8,14-15H,1-4,9-11H2,(H,21,23)/t14-,15-/m0/s1.